The fraction of sp³-hybridized carbons (Fsp3) is 0.273. The molecular formula is C22H24N2O7. The maximum atomic E-state index is 11.8. The van der Waals surface area contributed by atoms with Gasteiger partial charge in [-0.05, 0) is 62.4 Å². The van der Waals surface area contributed by atoms with Crippen molar-refractivity contribution in [2.45, 2.75) is 26.7 Å². The lowest BCUT2D eigenvalue weighted by Gasteiger charge is -2.09. The first-order valence-corrected chi connectivity index (χ1v) is 9.68. The van der Waals surface area contributed by atoms with Crippen LogP contribution >= 0.6 is 0 Å². The van der Waals surface area contributed by atoms with Crippen LogP contribution in [-0.4, -0.2) is 37.0 Å². The number of carbonyl (C=O) groups is 4. The standard InChI is InChI=1S/C22H24N2O7/c1-3-29-21(27)13-19(25)23-15-5-9-17(10-6-15)31-18-11-7-16(8-12-18)24-20(26)14-22(28)30-4-2/h5-12H,3-4,13-14H2,1-2H3,(H,23,25)(H,24,26). The molecule has 0 heterocycles. The van der Waals surface area contributed by atoms with Crippen LogP contribution < -0.4 is 15.4 Å². The number of benzene rings is 2. The smallest absolute Gasteiger partial charge is 0.315 e. The molecule has 0 aliphatic rings. The third kappa shape index (κ3) is 8.57. The van der Waals surface area contributed by atoms with Crippen LogP contribution in [0.1, 0.15) is 26.7 Å². The Morgan fingerprint density at radius 3 is 1.32 bits per heavy atom. The molecule has 0 aliphatic carbocycles. The normalized spacial score (nSPS) is 10.0. The Bertz CT molecular complexity index is 833. The largest absolute Gasteiger partial charge is 0.466 e. The highest BCUT2D eigenvalue weighted by atomic mass is 16.5. The van der Waals surface area contributed by atoms with Gasteiger partial charge in [0.05, 0.1) is 13.2 Å². The maximum absolute atomic E-state index is 11.8. The summed E-state index contributed by atoms with van der Waals surface area (Å²) in [5.74, 6) is -1.04. The van der Waals surface area contributed by atoms with Crippen molar-refractivity contribution >= 4 is 35.1 Å². The van der Waals surface area contributed by atoms with Gasteiger partial charge in [0.15, 0.2) is 0 Å². The number of esters is 2. The number of ether oxygens (including phenoxy) is 3. The average molecular weight is 428 g/mol. The zero-order valence-electron chi connectivity index (χ0n) is 17.3. The lowest BCUT2D eigenvalue weighted by Crippen LogP contribution is -2.18. The molecule has 9 heteroatoms. The first-order valence-electron chi connectivity index (χ1n) is 9.68. The van der Waals surface area contributed by atoms with E-state index in [1.54, 1.807) is 62.4 Å². The van der Waals surface area contributed by atoms with Crippen molar-refractivity contribution in [3.8, 4) is 11.5 Å². The van der Waals surface area contributed by atoms with E-state index in [1.165, 1.54) is 0 Å². The topological polar surface area (TPSA) is 120 Å². The summed E-state index contributed by atoms with van der Waals surface area (Å²) in [4.78, 5) is 46.2. The highest BCUT2D eigenvalue weighted by Gasteiger charge is 2.11. The highest BCUT2D eigenvalue weighted by molar-refractivity contribution is 6.02. The molecule has 0 unspecified atom stereocenters. The Balaban J connectivity index is 1.85. The molecule has 31 heavy (non-hydrogen) atoms. The van der Waals surface area contributed by atoms with Gasteiger partial charge in [-0.15, -0.1) is 0 Å². The Morgan fingerprint density at radius 1 is 0.645 bits per heavy atom. The summed E-state index contributed by atoms with van der Waals surface area (Å²) < 4.78 is 15.2. The molecule has 0 atom stereocenters. The Hall–Kier alpha value is -3.88. The minimum atomic E-state index is -0.583. The zero-order valence-corrected chi connectivity index (χ0v) is 17.3. The Labute approximate surface area is 179 Å². The van der Waals surface area contributed by atoms with Crippen molar-refractivity contribution in [3.05, 3.63) is 48.5 Å². The lowest BCUT2D eigenvalue weighted by atomic mass is 10.2. The van der Waals surface area contributed by atoms with Crippen molar-refractivity contribution in [2.75, 3.05) is 23.8 Å². The molecule has 2 N–H and O–H groups in total. The number of anilines is 2. The van der Waals surface area contributed by atoms with Crippen molar-refractivity contribution < 1.29 is 33.4 Å². The molecule has 0 saturated heterocycles. The highest BCUT2D eigenvalue weighted by Crippen LogP contribution is 2.24. The van der Waals surface area contributed by atoms with Crippen molar-refractivity contribution in [3.63, 3.8) is 0 Å². The number of rotatable bonds is 10. The maximum Gasteiger partial charge on any atom is 0.315 e. The second kappa shape index (κ2) is 12.0. The van der Waals surface area contributed by atoms with Crippen LogP contribution in [0.25, 0.3) is 0 Å². The second-order valence-electron chi connectivity index (χ2n) is 6.21. The molecule has 2 aromatic rings. The summed E-state index contributed by atoms with van der Waals surface area (Å²) >= 11 is 0. The predicted octanol–water partition coefficient (Wildman–Crippen LogP) is 3.26. The summed E-state index contributed by atoms with van der Waals surface area (Å²) in [6.45, 7) is 3.78. The van der Waals surface area contributed by atoms with Gasteiger partial charge in [-0.25, -0.2) is 0 Å². The predicted molar refractivity (Wildman–Crippen MR) is 113 cm³/mol. The van der Waals surface area contributed by atoms with Crippen LogP contribution in [-0.2, 0) is 28.7 Å². The van der Waals surface area contributed by atoms with Crippen LogP contribution in [0.3, 0.4) is 0 Å². The van der Waals surface area contributed by atoms with Gasteiger partial charge in [0.25, 0.3) is 0 Å². The summed E-state index contributed by atoms with van der Waals surface area (Å²) in [5.41, 5.74) is 1.03. The van der Waals surface area contributed by atoms with E-state index < -0.39 is 23.8 Å². The molecule has 2 rings (SSSR count). The molecule has 0 spiro atoms. The van der Waals surface area contributed by atoms with E-state index in [0.717, 1.165) is 0 Å². The van der Waals surface area contributed by atoms with Gasteiger partial charge in [0.1, 0.15) is 24.3 Å². The van der Waals surface area contributed by atoms with E-state index in [0.29, 0.717) is 22.9 Å². The van der Waals surface area contributed by atoms with E-state index in [4.69, 9.17) is 14.2 Å². The second-order valence-corrected chi connectivity index (χ2v) is 6.21. The molecule has 164 valence electrons. The summed E-state index contributed by atoms with van der Waals surface area (Å²) in [6.07, 6.45) is -0.705. The van der Waals surface area contributed by atoms with E-state index in [9.17, 15) is 19.2 Å². The van der Waals surface area contributed by atoms with Gasteiger partial charge in [0.2, 0.25) is 11.8 Å². The summed E-state index contributed by atoms with van der Waals surface area (Å²) in [6, 6.07) is 13.2. The third-order valence-corrected chi connectivity index (χ3v) is 3.73. The summed E-state index contributed by atoms with van der Waals surface area (Å²) in [7, 11) is 0. The quantitative estimate of drug-likeness (QED) is 0.440. The number of hydrogen-bond donors (Lipinski definition) is 2. The van der Waals surface area contributed by atoms with Gasteiger partial charge in [-0.3, -0.25) is 19.2 Å². The minimum absolute atomic E-state index is 0.221. The lowest BCUT2D eigenvalue weighted by molar-refractivity contribution is -0.146. The molecule has 2 aromatic carbocycles. The van der Waals surface area contributed by atoms with Crippen molar-refractivity contribution in [2.24, 2.45) is 0 Å². The van der Waals surface area contributed by atoms with Gasteiger partial charge >= 0.3 is 11.9 Å². The molecule has 0 bridgehead atoms. The first kappa shape index (κ1) is 23.4. The Morgan fingerprint density at radius 2 is 1.00 bits per heavy atom. The van der Waals surface area contributed by atoms with E-state index >= 15 is 0 Å². The average Bonchev–Trinajstić information content (AvgIpc) is 2.71. The van der Waals surface area contributed by atoms with Crippen LogP contribution in [0.4, 0.5) is 11.4 Å². The van der Waals surface area contributed by atoms with Crippen LogP contribution in [0.15, 0.2) is 48.5 Å². The number of carbonyl (C=O) groups excluding carboxylic acids is 4. The molecule has 0 fully saturated rings. The van der Waals surface area contributed by atoms with E-state index in [1.807, 2.05) is 0 Å². The van der Waals surface area contributed by atoms with Crippen molar-refractivity contribution in [1.82, 2.24) is 0 Å². The number of nitrogens with one attached hydrogen (secondary N) is 2. The Kier molecular flexibility index (Phi) is 9.03. The molecule has 0 radical (unpaired) electrons. The van der Waals surface area contributed by atoms with Crippen LogP contribution in [0.5, 0.6) is 11.5 Å². The zero-order chi connectivity index (χ0) is 22.6. The number of hydrogen-bond acceptors (Lipinski definition) is 7. The van der Waals surface area contributed by atoms with Crippen LogP contribution in [0, 0.1) is 0 Å². The SMILES string of the molecule is CCOC(=O)CC(=O)Nc1ccc(Oc2ccc(NC(=O)CC(=O)OCC)cc2)cc1. The van der Waals surface area contributed by atoms with Crippen molar-refractivity contribution in [1.29, 1.82) is 0 Å². The van der Waals surface area contributed by atoms with Gasteiger partial charge in [0, 0.05) is 11.4 Å². The summed E-state index contributed by atoms with van der Waals surface area (Å²) in [5, 5.41) is 5.20. The minimum Gasteiger partial charge on any atom is -0.466 e. The molecular weight excluding hydrogens is 404 g/mol. The van der Waals surface area contributed by atoms with Crippen LogP contribution in [0.2, 0.25) is 0 Å². The molecule has 0 aromatic heterocycles. The molecule has 0 saturated carbocycles. The fourth-order valence-electron chi connectivity index (χ4n) is 2.45. The fourth-order valence-corrected chi connectivity index (χ4v) is 2.45. The number of amides is 2. The first-order chi connectivity index (χ1) is 14.9. The third-order valence-electron chi connectivity index (χ3n) is 3.73. The van der Waals surface area contributed by atoms with E-state index in [-0.39, 0.29) is 26.1 Å². The molecule has 0 aliphatic heterocycles. The molecule has 9 nitrogen and oxygen atoms in total. The monoisotopic (exact) mass is 428 g/mol. The van der Waals surface area contributed by atoms with Gasteiger partial charge in [-0.1, -0.05) is 0 Å². The van der Waals surface area contributed by atoms with Gasteiger partial charge < -0.3 is 24.8 Å². The molecule has 2 amide bonds. The van der Waals surface area contributed by atoms with Gasteiger partial charge in [-0.2, -0.15) is 0 Å². The van der Waals surface area contributed by atoms with E-state index in [2.05, 4.69) is 10.6 Å².